The normalized spacial score (nSPS) is 13.6. The van der Waals surface area contributed by atoms with Gasteiger partial charge in [0, 0.05) is 19.3 Å². The Morgan fingerprint density at radius 2 is 1.78 bits per heavy atom. The fourth-order valence-electron chi connectivity index (χ4n) is 2.25. The Morgan fingerprint density at radius 1 is 1.14 bits per heavy atom. The van der Waals surface area contributed by atoms with Gasteiger partial charge < -0.3 is 39.2 Å². The van der Waals surface area contributed by atoms with Crippen molar-refractivity contribution in [1.82, 2.24) is 19.5 Å². The minimum absolute atomic E-state index is 0.283. The van der Waals surface area contributed by atoms with E-state index in [2.05, 4.69) is 19.7 Å². The second-order valence-electron chi connectivity index (χ2n) is 7.05. The lowest BCUT2D eigenvalue weighted by Gasteiger charge is -2.19. The van der Waals surface area contributed by atoms with Crippen LogP contribution in [0.3, 0.4) is 0 Å². The quantitative estimate of drug-likeness (QED) is 0.153. The molecule has 2 heterocycles. The Labute approximate surface area is 205 Å². The van der Waals surface area contributed by atoms with Crippen LogP contribution in [-0.2, 0) is 44.0 Å². The molecule has 0 radical (unpaired) electrons. The SMILES string of the molecule is COP(=O)(CO[C@H](C)Cn1cnc2c(N)ncnc21)OCOC(=O)OC(C)C.O=C(O)/C=C/C(=O)O. The third-order valence-electron chi connectivity index (χ3n) is 3.81. The highest BCUT2D eigenvalue weighted by molar-refractivity contribution is 7.53. The van der Waals surface area contributed by atoms with Gasteiger partial charge in [0.2, 0.25) is 6.79 Å². The number of hydrogen-bond donors (Lipinski definition) is 3. The first kappa shape index (κ1) is 30.4. The molecule has 200 valence electrons. The smallest absolute Gasteiger partial charge is 0.478 e. The number of anilines is 1. The highest BCUT2D eigenvalue weighted by Crippen LogP contribution is 2.47. The molecule has 0 aliphatic carbocycles. The molecule has 17 heteroatoms. The third kappa shape index (κ3) is 11.2. The van der Waals surface area contributed by atoms with E-state index in [1.165, 1.54) is 13.4 Å². The predicted molar refractivity (Wildman–Crippen MR) is 123 cm³/mol. The molecule has 0 amide bonds. The molecular weight excluding hydrogens is 505 g/mol. The van der Waals surface area contributed by atoms with Crippen molar-refractivity contribution in [3.05, 3.63) is 24.8 Å². The van der Waals surface area contributed by atoms with Gasteiger partial charge in [-0.25, -0.2) is 29.3 Å². The highest BCUT2D eigenvalue weighted by Gasteiger charge is 2.26. The lowest BCUT2D eigenvalue weighted by Crippen LogP contribution is -2.19. The number of carboxylic acids is 2. The van der Waals surface area contributed by atoms with E-state index in [1.807, 2.05) is 0 Å². The minimum atomic E-state index is -3.62. The van der Waals surface area contributed by atoms with Crippen molar-refractivity contribution in [3.8, 4) is 0 Å². The Bertz CT molecular complexity index is 1090. The van der Waals surface area contributed by atoms with Gasteiger partial charge in [0.1, 0.15) is 18.2 Å². The van der Waals surface area contributed by atoms with Crippen molar-refractivity contribution >= 4 is 42.7 Å². The molecule has 0 saturated carbocycles. The van der Waals surface area contributed by atoms with E-state index in [0.717, 1.165) is 0 Å². The number of aliphatic carboxylic acids is 2. The summed E-state index contributed by atoms with van der Waals surface area (Å²) < 4.78 is 39.2. The Hall–Kier alpha value is -3.59. The molecular formula is C19H28N5O11P. The predicted octanol–water partition coefficient (Wildman–Crippen LogP) is 1.86. The van der Waals surface area contributed by atoms with Gasteiger partial charge in [0.15, 0.2) is 11.5 Å². The number of carbonyl (C=O) groups excluding carboxylic acids is 1. The topological polar surface area (TPSA) is 225 Å². The molecule has 0 spiro atoms. The van der Waals surface area contributed by atoms with Crippen molar-refractivity contribution in [1.29, 1.82) is 0 Å². The molecule has 0 aromatic carbocycles. The number of imidazole rings is 1. The summed E-state index contributed by atoms with van der Waals surface area (Å²) in [6.45, 7) is 4.89. The van der Waals surface area contributed by atoms with Crippen LogP contribution < -0.4 is 5.73 Å². The van der Waals surface area contributed by atoms with E-state index in [9.17, 15) is 18.9 Å². The van der Waals surface area contributed by atoms with Crippen LogP contribution in [0.25, 0.3) is 11.2 Å². The van der Waals surface area contributed by atoms with E-state index in [-0.39, 0.29) is 24.4 Å². The van der Waals surface area contributed by atoms with Crippen LogP contribution in [0.2, 0.25) is 0 Å². The van der Waals surface area contributed by atoms with Gasteiger partial charge >= 0.3 is 25.7 Å². The van der Waals surface area contributed by atoms with E-state index >= 15 is 0 Å². The monoisotopic (exact) mass is 533 g/mol. The minimum Gasteiger partial charge on any atom is -0.478 e. The van der Waals surface area contributed by atoms with Crippen LogP contribution >= 0.6 is 7.60 Å². The van der Waals surface area contributed by atoms with Gasteiger partial charge in [-0.05, 0) is 20.8 Å². The molecule has 1 unspecified atom stereocenters. The number of nitrogen functional groups attached to an aromatic ring is 1. The average molecular weight is 533 g/mol. The van der Waals surface area contributed by atoms with Crippen molar-refractivity contribution in [3.63, 3.8) is 0 Å². The summed E-state index contributed by atoms with van der Waals surface area (Å²) in [4.78, 5) is 42.6. The maximum atomic E-state index is 12.5. The van der Waals surface area contributed by atoms with Crippen molar-refractivity contribution in [2.24, 2.45) is 0 Å². The van der Waals surface area contributed by atoms with Gasteiger partial charge in [-0.2, -0.15) is 0 Å². The van der Waals surface area contributed by atoms with Gasteiger partial charge in [-0.1, -0.05) is 0 Å². The lowest BCUT2D eigenvalue weighted by atomic mass is 10.4. The van der Waals surface area contributed by atoms with Crippen LogP contribution in [0.5, 0.6) is 0 Å². The van der Waals surface area contributed by atoms with E-state index in [0.29, 0.717) is 29.9 Å². The number of hydrogen-bond acceptors (Lipinski definition) is 13. The summed E-state index contributed by atoms with van der Waals surface area (Å²) in [5, 5.41) is 15.6. The first-order valence-corrected chi connectivity index (χ1v) is 11.9. The Kier molecular flexibility index (Phi) is 12.5. The first-order valence-electron chi connectivity index (χ1n) is 10.2. The number of rotatable bonds is 12. The fourth-order valence-corrected chi connectivity index (χ4v) is 3.18. The molecule has 2 atom stereocenters. The number of nitrogens with zero attached hydrogens (tertiary/aromatic N) is 4. The second-order valence-corrected chi connectivity index (χ2v) is 9.15. The Balaban J connectivity index is 0.000000697. The molecule has 0 bridgehead atoms. The van der Waals surface area contributed by atoms with Gasteiger partial charge in [0.05, 0.1) is 25.1 Å². The Morgan fingerprint density at radius 3 is 2.33 bits per heavy atom. The van der Waals surface area contributed by atoms with Gasteiger partial charge in [0.25, 0.3) is 0 Å². The third-order valence-corrected chi connectivity index (χ3v) is 5.33. The van der Waals surface area contributed by atoms with Crippen LogP contribution in [0.1, 0.15) is 20.8 Å². The largest absolute Gasteiger partial charge is 0.510 e. The number of ether oxygens (including phenoxy) is 3. The molecule has 2 aromatic heterocycles. The molecule has 2 rings (SSSR count). The number of aromatic nitrogens is 4. The molecule has 0 aliphatic rings. The first-order chi connectivity index (χ1) is 16.9. The zero-order valence-corrected chi connectivity index (χ0v) is 20.9. The maximum absolute atomic E-state index is 12.5. The zero-order chi connectivity index (χ0) is 27.3. The zero-order valence-electron chi connectivity index (χ0n) is 20.0. The van der Waals surface area contributed by atoms with Crippen LogP contribution in [0.15, 0.2) is 24.8 Å². The molecule has 0 aliphatic heterocycles. The van der Waals surface area contributed by atoms with E-state index < -0.39 is 32.5 Å². The van der Waals surface area contributed by atoms with E-state index in [1.54, 1.807) is 31.7 Å². The van der Waals surface area contributed by atoms with Crippen molar-refractivity contribution < 1.29 is 52.4 Å². The number of nitrogens with two attached hydrogens (primary N) is 1. The molecule has 36 heavy (non-hydrogen) atoms. The number of carbonyl (C=O) groups is 3. The summed E-state index contributed by atoms with van der Waals surface area (Å²) in [7, 11) is -2.40. The van der Waals surface area contributed by atoms with Crippen molar-refractivity contribution in [2.45, 2.75) is 39.5 Å². The van der Waals surface area contributed by atoms with Gasteiger partial charge in [-0.3, -0.25) is 9.09 Å². The average Bonchev–Trinajstić information content (AvgIpc) is 3.20. The summed E-state index contributed by atoms with van der Waals surface area (Å²) in [5.74, 6) is -2.23. The number of fused-ring (bicyclic) bond motifs is 1. The lowest BCUT2D eigenvalue weighted by molar-refractivity contribution is -0.134. The second kappa shape index (κ2) is 14.7. The fraction of sp³-hybridized carbons (Fsp3) is 0.474. The summed E-state index contributed by atoms with van der Waals surface area (Å²) >= 11 is 0. The van der Waals surface area contributed by atoms with Crippen molar-refractivity contribution in [2.75, 3.05) is 26.0 Å². The molecule has 16 nitrogen and oxygen atoms in total. The molecule has 0 saturated heterocycles. The highest BCUT2D eigenvalue weighted by atomic mass is 31.2. The standard InChI is InChI=1S/C15H24N5O7P.C4H4O4/c1-10(2)27-15(21)24-8-26-28(22,23-4)9-25-11(3)5-20-7-19-12-13(16)17-6-18-14(12)20;5-3(6)1-2-4(7)8/h6-7,10-11H,5,8-9H2,1-4H3,(H2,16,17,18);1-2H,(H,5,6)(H,7,8)/b;2-1+/t11-,28?;/m1./s1. The summed E-state index contributed by atoms with van der Waals surface area (Å²) in [6.07, 6.45) is 2.04. The number of carboxylic acid groups (broad SMARTS) is 2. The van der Waals surface area contributed by atoms with Crippen LogP contribution in [-0.4, -0.2) is 80.3 Å². The van der Waals surface area contributed by atoms with Crippen LogP contribution in [0.4, 0.5) is 10.6 Å². The van der Waals surface area contributed by atoms with Crippen LogP contribution in [0, 0.1) is 0 Å². The maximum Gasteiger partial charge on any atom is 0.510 e. The molecule has 0 fully saturated rings. The summed E-state index contributed by atoms with van der Waals surface area (Å²) in [5.41, 5.74) is 6.81. The molecule has 4 N–H and O–H groups in total. The summed E-state index contributed by atoms with van der Waals surface area (Å²) in [6, 6.07) is 0. The van der Waals surface area contributed by atoms with Gasteiger partial charge in [-0.15, -0.1) is 0 Å². The molecule has 2 aromatic rings. The van der Waals surface area contributed by atoms with E-state index in [4.69, 9.17) is 34.5 Å².